The van der Waals surface area contributed by atoms with Crippen LogP contribution in [0.5, 0.6) is 0 Å². The van der Waals surface area contributed by atoms with Crippen molar-refractivity contribution in [1.29, 1.82) is 0 Å². The van der Waals surface area contributed by atoms with Crippen LogP contribution >= 0.6 is 0 Å². The second-order valence-corrected chi connectivity index (χ2v) is 9.35. The van der Waals surface area contributed by atoms with Crippen LogP contribution in [0.2, 0.25) is 0 Å². The van der Waals surface area contributed by atoms with Crippen molar-refractivity contribution in [3.8, 4) is 11.1 Å². The van der Waals surface area contributed by atoms with Gasteiger partial charge in [0.15, 0.2) is 0 Å². The molecule has 2 aromatic rings. The van der Waals surface area contributed by atoms with Gasteiger partial charge in [0, 0.05) is 24.4 Å². The Bertz CT molecular complexity index is 1030. The van der Waals surface area contributed by atoms with Crippen molar-refractivity contribution in [2.75, 3.05) is 13.2 Å². The Morgan fingerprint density at radius 3 is 2.15 bits per heavy atom. The Morgan fingerprint density at radius 1 is 0.970 bits per heavy atom. The number of nitrogens with one attached hydrogen (secondary N) is 1. The van der Waals surface area contributed by atoms with Gasteiger partial charge in [0.1, 0.15) is 13.2 Å². The van der Waals surface area contributed by atoms with Gasteiger partial charge in [-0.2, -0.15) is 0 Å². The maximum atomic E-state index is 12.5. The van der Waals surface area contributed by atoms with Crippen molar-refractivity contribution >= 4 is 18.0 Å². The molecule has 2 fully saturated rings. The number of hydrogen-bond donors (Lipinski definition) is 2. The first kappa shape index (κ1) is 21.5. The third-order valence-electron chi connectivity index (χ3n) is 6.98. The summed E-state index contributed by atoms with van der Waals surface area (Å²) in [6.07, 6.45) is 3.10. The predicted molar refractivity (Wildman–Crippen MR) is 122 cm³/mol. The molecule has 3 aliphatic rings. The number of carboxylic acid groups (broad SMARTS) is 1. The molecule has 0 unspecified atom stereocenters. The van der Waals surface area contributed by atoms with Gasteiger partial charge in [-0.3, -0.25) is 9.59 Å². The largest absolute Gasteiger partial charge is 0.480 e. The number of hydrogen-bond acceptors (Lipinski definition) is 4. The second kappa shape index (κ2) is 8.89. The minimum atomic E-state index is -0.973. The minimum Gasteiger partial charge on any atom is -0.480 e. The molecule has 2 aromatic carbocycles. The molecule has 172 valence electrons. The molecule has 0 radical (unpaired) electrons. The zero-order valence-electron chi connectivity index (χ0n) is 18.4. The maximum absolute atomic E-state index is 12.5. The smallest absolute Gasteiger partial charge is 0.407 e. The third kappa shape index (κ3) is 4.58. The molecule has 0 saturated heterocycles. The summed E-state index contributed by atoms with van der Waals surface area (Å²) in [5, 5.41) is 11.9. The quantitative estimate of drug-likeness (QED) is 0.641. The molecule has 5 rings (SSSR count). The maximum Gasteiger partial charge on any atom is 0.407 e. The first-order valence-electron chi connectivity index (χ1n) is 11.6. The molecule has 0 aromatic heterocycles. The molecule has 2 N–H and O–H groups in total. The normalized spacial score (nSPS) is 20.8. The third-order valence-corrected chi connectivity index (χ3v) is 6.98. The van der Waals surface area contributed by atoms with Gasteiger partial charge >= 0.3 is 12.1 Å². The molecule has 0 bridgehead atoms. The molecular formula is C26H28N2O5. The Morgan fingerprint density at radius 2 is 1.58 bits per heavy atom. The summed E-state index contributed by atoms with van der Waals surface area (Å²) in [7, 11) is 0. The first-order valence-corrected chi connectivity index (χ1v) is 11.6. The summed E-state index contributed by atoms with van der Waals surface area (Å²) >= 11 is 0. The number of aliphatic carboxylic acids is 1. The average molecular weight is 449 g/mol. The average Bonchev–Trinajstić information content (AvgIpc) is 3.57. The molecule has 2 saturated carbocycles. The summed E-state index contributed by atoms with van der Waals surface area (Å²) in [6.45, 7) is 0.0533. The highest BCUT2D eigenvalue weighted by atomic mass is 16.5. The number of nitrogens with zero attached hydrogens (tertiary/aromatic N) is 1. The van der Waals surface area contributed by atoms with E-state index in [-0.39, 0.29) is 43.0 Å². The number of benzene rings is 2. The number of alkyl carbamates (subject to hydrolysis) is 1. The SMILES string of the molecule is O=C(O)CN(C(=O)CC1CC(NC(=O)OCC2c3ccccc3-c3ccccc32)C1)C1CC1. The van der Waals surface area contributed by atoms with Crippen molar-refractivity contribution < 1.29 is 24.2 Å². The number of amides is 2. The van der Waals surface area contributed by atoms with Crippen LogP contribution in [0.25, 0.3) is 11.1 Å². The molecule has 0 atom stereocenters. The van der Waals surface area contributed by atoms with Crippen LogP contribution < -0.4 is 5.32 Å². The van der Waals surface area contributed by atoms with E-state index < -0.39 is 12.1 Å². The Kier molecular flexibility index (Phi) is 5.79. The van der Waals surface area contributed by atoms with Crippen LogP contribution in [0.15, 0.2) is 48.5 Å². The summed E-state index contributed by atoms with van der Waals surface area (Å²) in [6, 6.07) is 16.5. The molecule has 0 aliphatic heterocycles. The lowest BCUT2D eigenvalue weighted by Gasteiger charge is -2.36. The van der Waals surface area contributed by atoms with Gasteiger partial charge in [-0.1, -0.05) is 48.5 Å². The zero-order valence-corrected chi connectivity index (χ0v) is 18.4. The van der Waals surface area contributed by atoms with Crippen molar-refractivity contribution in [2.45, 2.75) is 50.1 Å². The van der Waals surface area contributed by atoms with Crippen molar-refractivity contribution in [3.05, 3.63) is 59.7 Å². The fraction of sp³-hybridized carbons (Fsp3) is 0.423. The lowest BCUT2D eigenvalue weighted by Crippen LogP contribution is -2.47. The number of carboxylic acids is 1. The van der Waals surface area contributed by atoms with Crippen LogP contribution in [0.3, 0.4) is 0 Å². The van der Waals surface area contributed by atoms with Gasteiger partial charge in [0.2, 0.25) is 5.91 Å². The van der Waals surface area contributed by atoms with E-state index in [1.807, 2.05) is 24.3 Å². The van der Waals surface area contributed by atoms with Crippen LogP contribution in [0, 0.1) is 5.92 Å². The number of carbonyl (C=O) groups is 3. The highest BCUT2D eigenvalue weighted by molar-refractivity contribution is 5.82. The van der Waals surface area contributed by atoms with Gasteiger partial charge in [-0.05, 0) is 53.9 Å². The summed E-state index contributed by atoms with van der Waals surface area (Å²) in [4.78, 5) is 37.4. The topological polar surface area (TPSA) is 95.9 Å². The van der Waals surface area contributed by atoms with E-state index in [9.17, 15) is 14.4 Å². The van der Waals surface area contributed by atoms with Crippen LogP contribution in [-0.4, -0.2) is 53.2 Å². The van der Waals surface area contributed by atoms with Gasteiger partial charge in [0.05, 0.1) is 0 Å². The molecule has 2 amide bonds. The number of ether oxygens (including phenoxy) is 1. The highest BCUT2D eigenvalue weighted by Crippen LogP contribution is 2.44. The van der Waals surface area contributed by atoms with Crippen LogP contribution in [-0.2, 0) is 14.3 Å². The van der Waals surface area contributed by atoms with Crippen molar-refractivity contribution in [1.82, 2.24) is 10.2 Å². The van der Waals surface area contributed by atoms with Gasteiger partial charge < -0.3 is 20.1 Å². The van der Waals surface area contributed by atoms with Crippen molar-refractivity contribution in [2.24, 2.45) is 5.92 Å². The van der Waals surface area contributed by atoms with Crippen LogP contribution in [0.4, 0.5) is 4.79 Å². The van der Waals surface area contributed by atoms with Gasteiger partial charge in [-0.25, -0.2) is 4.79 Å². The lowest BCUT2D eigenvalue weighted by molar-refractivity contribution is -0.145. The Labute approximate surface area is 192 Å². The minimum absolute atomic E-state index is 0.00713. The summed E-state index contributed by atoms with van der Waals surface area (Å²) < 4.78 is 5.59. The number of carbonyl (C=O) groups excluding carboxylic acids is 2. The van der Waals surface area contributed by atoms with Gasteiger partial charge in [-0.15, -0.1) is 0 Å². The molecule has 7 heteroatoms. The molecule has 3 aliphatic carbocycles. The highest BCUT2D eigenvalue weighted by Gasteiger charge is 2.38. The molecule has 7 nitrogen and oxygen atoms in total. The van der Waals surface area contributed by atoms with E-state index in [1.165, 1.54) is 27.2 Å². The van der Waals surface area contributed by atoms with E-state index >= 15 is 0 Å². The molecule has 0 heterocycles. The Balaban J connectivity index is 1.09. The lowest BCUT2D eigenvalue weighted by atomic mass is 9.78. The fourth-order valence-electron chi connectivity index (χ4n) is 5.14. The van der Waals surface area contributed by atoms with E-state index in [0.717, 1.165) is 12.8 Å². The number of fused-ring (bicyclic) bond motifs is 3. The molecule has 33 heavy (non-hydrogen) atoms. The molecular weight excluding hydrogens is 420 g/mol. The summed E-state index contributed by atoms with van der Waals surface area (Å²) in [5.74, 6) is -0.868. The van der Waals surface area contributed by atoms with Crippen LogP contribution in [0.1, 0.15) is 49.1 Å². The van der Waals surface area contributed by atoms with Gasteiger partial charge in [0.25, 0.3) is 0 Å². The zero-order chi connectivity index (χ0) is 22.9. The fourth-order valence-corrected chi connectivity index (χ4v) is 5.14. The standard InChI is InChI=1S/C26H28N2O5/c29-24(28(14-25(30)31)18-9-10-18)13-16-11-17(12-16)27-26(32)33-15-23-21-7-3-1-5-19(21)20-6-2-4-8-22(20)23/h1-8,16-18,23H,9-15H2,(H,27,32)(H,30,31). The van der Waals surface area contributed by atoms with E-state index in [1.54, 1.807) is 0 Å². The summed E-state index contributed by atoms with van der Waals surface area (Å²) in [5.41, 5.74) is 4.74. The predicted octanol–water partition coefficient (Wildman–Crippen LogP) is 3.77. The van der Waals surface area contributed by atoms with Crippen molar-refractivity contribution in [3.63, 3.8) is 0 Å². The number of rotatable bonds is 8. The van der Waals surface area contributed by atoms with E-state index in [0.29, 0.717) is 19.3 Å². The van der Waals surface area contributed by atoms with E-state index in [2.05, 4.69) is 29.6 Å². The van der Waals surface area contributed by atoms with E-state index in [4.69, 9.17) is 9.84 Å². The monoisotopic (exact) mass is 448 g/mol. The second-order valence-electron chi connectivity index (χ2n) is 9.35. The first-order chi connectivity index (χ1) is 16.0. The molecule has 0 spiro atoms. The Hall–Kier alpha value is -3.35.